The molecule has 2 aromatic carbocycles. The van der Waals surface area contributed by atoms with E-state index >= 15 is 0 Å². The zero-order valence-electron chi connectivity index (χ0n) is 14.3. The molecule has 0 fully saturated rings. The van der Waals surface area contributed by atoms with Crippen molar-refractivity contribution in [2.24, 2.45) is 0 Å². The Morgan fingerprint density at radius 2 is 1.76 bits per heavy atom. The molecule has 0 radical (unpaired) electrons. The van der Waals surface area contributed by atoms with Crippen LogP contribution in [0.4, 0.5) is 5.69 Å². The van der Waals surface area contributed by atoms with E-state index in [1.807, 2.05) is 6.92 Å². The molecule has 2 aromatic rings. The predicted octanol–water partition coefficient (Wildman–Crippen LogP) is 4.15. The Morgan fingerprint density at radius 1 is 1.12 bits per heavy atom. The van der Waals surface area contributed by atoms with Crippen LogP contribution in [0.25, 0.3) is 0 Å². The molecule has 0 aliphatic rings. The van der Waals surface area contributed by atoms with E-state index in [9.17, 15) is 13.2 Å². The molecular formula is C18H20BrNO4S. The Labute approximate surface area is 156 Å². The molecule has 0 atom stereocenters. The number of esters is 1. The number of aryl methyl sites for hydroxylation is 1. The molecule has 0 bridgehead atoms. The Balaban J connectivity index is 2.51. The number of ether oxygens (including phenoxy) is 1. The van der Waals surface area contributed by atoms with Crippen LogP contribution in [0.15, 0.2) is 51.8 Å². The number of nitrogens with zero attached hydrogens (tertiary/aromatic N) is 1. The number of benzene rings is 2. The van der Waals surface area contributed by atoms with Crippen molar-refractivity contribution in [1.82, 2.24) is 0 Å². The van der Waals surface area contributed by atoms with E-state index in [1.54, 1.807) is 56.3 Å². The number of sulfonamides is 1. The van der Waals surface area contributed by atoms with Crippen molar-refractivity contribution < 1.29 is 17.9 Å². The first kappa shape index (κ1) is 19.5. The number of anilines is 1. The summed E-state index contributed by atoms with van der Waals surface area (Å²) in [5.41, 5.74) is 1.55. The maximum atomic E-state index is 13.0. The average molecular weight is 426 g/mol. The zero-order chi connectivity index (χ0) is 18.6. The van der Waals surface area contributed by atoms with Gasteiger partial charge in [0.1, 0.15) is 0 Å². The number of hydrogen-bond acceptors (Lipinski definition) is 4. The van der Waals surface area contributed by atoms with Gasteiger partial charge in [-0.15, -0.1) is 0 Å². The summed E-state index contributed by atoms with van der Waals surface area (Å²) in [5.74, 6) is -0.471. The van der Waals surface area contributed by atoms with Gasteiger partial charge in [-0.2, -0.15) is 0 Å². The van der Waals surface area contributed by atoms with Crippen molar-refractivity contribution >= 4 is 37.6 Å². The lowest BCUT2D eigenvalue weighted by atomic mass is 10.1. The maximum absolute atomic E-state index is 13.0. The molecule has 134 valence electrons. The van der Waals surface area contributed by atoms with Gasteiger partial charge in [-0.3, -0.25) is 4.31 Å². The fourth-order valence-corrected chi connectivity index (χ4v) is 4.22. The minimum absolute atomic E-state index is 0.193. The molecule has 0 spiro atoms. The lowest BCUT2D eigenvalue weighted by molar-refractivity contribution is 0.0526. The summed E-state index contributed by atoms with van der Waals surface area (Å²) in [5, 5.41) is 0. The van der Waals surface area contributed by atoms with Gasteiger partial charge in [0, 0.05) is 11.0 Å². The fraction of sp³-hybridized carbons (Fsp3) is 0.278. The van der Waals surface area contributed by atoms with Gasteiger partial charge in [0.25, 0.3) is 10.0 Å². The summed E-state index contributed by atoms with van der Waals surface area (Å²) in [6, 6.07) is 11.4. The van der Waals surface area contributed by atoms with Crippen LogP contribution in [0.5, 0.6) is 0 Å². The van der Waals surface area contributed by atoms with Gasteiger partial charge in [-0.05, 0) is 62.7 Å². The van der Waals surface area contributed by atoms with E-state index < -0.39 is 16.0 Å². The molecule has 25 heavy (non-hydrogen) atoms. The van der Waals surface area contributed by atoms with Crippen LogP contribution in [0.1, 0.15) is 29.8 Å². The number of halogens is 1. The predicted molar refractivity (Wildman–Crippen MR) is 101 cm³/mol. The summed E-state index contributed by atoms with van der Waals surface area (Å²) in [6.45, 7) is 5.79. The average Bonchev–Trinajstić information content (AvgIpc) is 2.57. The molecule has 0 aliphatic heterocycles. The molecule has 0 amide bonds. The fourth-order valence-electron chi connectivity index (χ4n) is 2.42. The van der Waals surface area contributed by atoms with Crippen LogP contribution in [0, 0.1) is 6.92 Å². The SMILES string of the molecule is CCOC(=O)c1ccc(C)c(N(CC)S(=O)(=O)c2ccc(Br)cc2)c1. The highest BCUT2D eigenvalue weighted by atomic mass is 79.9. The summed E-state index contributed by atoms with van der Waals surface area (Å²) in [6.07, 6.45) is 0. The van der Waals surface area contributed by atoms with Crippen molar-refractivity contribution in [3.05, 3.63) is 58.1 Å². The van der Waals surface area contributed by atoms with Crippen LogP contribution < -0.4 is 4.31 Å². The molecule has 0 aromatic heterocycles. The van der Waals surface area contributed by atoms with Gasteiger partial charge in [0.2, 0.25) is 0 Å². The number of hydrogen-bond donors (Lipinski definition) is 0. The summed E-state index contributed by atoms with van der Waals surface area (Å²) < 4.78 is 33.2. The smallest absolute Gasteiger partial charge is 0.338 e. The highest BCUT2D eigenvalue weighted by molar-refractivity contribution is 9.10. The van der Waals surface area contributed by atoms with Gasteiger partial charge in [0.05, 0.1) is 22.8 Å². The molecular weight excluding hydrogens is 406 g/mol. The molecule has 7 heteroatoms. The van der Waals surface area contributed by atoms with Crippen molar-refractivity contribution in [2.45, 2.75) is 25.7 Å². The monoisotopic (exact) mass is 425 g/mol. The molecule has 5 nitrogen and oxygen atoms in total. The highest BCUT2D eigenvalue weighted by Crippen LogP contribution is 2.28. The lowest BCUT2D eigenvalue weighted by Gasteiger charge is -2.25. The number of carbonyl (C=O) groups is 1. The van der Waals surface area contributed by atoms with Gasteiger partial charge >= 0.3 is 5.97 Å². The Bertz CT molecular complexity index is 863. The van der Waals surface area contributed by atoms with E-state index in [0.29, 0.717) is 11.3 Å². The van der Waals surface area contributed by atoms with E-state index in [0.717, 1.165) is 10.0 Å². The number of rotatable bonds is 6. The second kappa shape index (κ2) is 8.01. The second-order valence-electron chi connectivity index (χ2n) is 5.35. The van der Waals surface area contributed by atoms with Crippen LogP contribution >= 0.6 is 15.9 Å². The van der Waals surface area contributed by atoms with Gasteiger partial charge in [-0.25, -0.2) is 13.2 Å². The largest absolute Gasteiger partial charge is 0.462 e. The third kappa shape index (κ3) is 4.22. The van der Waals surface area contributed by atoms with Crippen molar-refractivity contribution in [2.75, 3.05) is 17.5 Å². The minimum Gasteiger partial charge on any atom is -0.462 e. The van der Waals surface area contributed by atoms with Crippen molar-refractivity contribution in [3.63, 3.8) is 0 Å². The van der Waals surface area contributed by atoms with Crippen LogP contribution in [0.3, 0.4) is 0 Å². The quantitative estimate of drug-likeness (QED) is 0.651. The van der Waals surface area contributed by atoms with Crippen LogP contribution in [0.2, 0.25) is 0 Å². The Kier molecular flexibility index (Phi) is 6.24. The molecule has 0 N–H and O–H groups in total. The normalized spacial score (nSPS) is 11.2. The number of carbonyl (C=O) groups excluding carboxylic acids is 1. The summed E-state index contributed by atoms with van der Waals surface area (Å²) in [4.78, 5) is 12.2. The first-order chi connectivity index (χ1) is 11.8. The molecule has 0 saturated heterocycles. The highest BCUT2D eigenvalue weighted by Gasteiger charge is 2.25. The van der Waals surface area contributed by atoms with E-state index in [-0.39, 0.29) is 18.0 Å². The Hall–Kier alpha value is -1.86. The zero-order valence-corrected chi connectivity index (χ0v) is 16.7. The summed E-state index contributed by atoms with van der Waals surface area (Å²) >= 11 is 3.30. The minimum atomic E-state index is -3.74. The summed E-state index contributed by atoms with van der Waals surface area (Å²) in [7, 11) is -3.74. The van der Waals surface area contributed by atoms with Gasteiger partial charge < -0.3 is 4.74 Å². The standard InChI is InChI=1S/C18H20BrNO4S/c1-4-20(25(22,23)16-10-8-15(19)9-11-16)17-12-14(7-6-13(17)3)18(21)24-5-2/h6-12H,4-5H2,1-3H3. The third-order valence-corrected chi connectivity index (χ3v) is 6.11. The van der Waals surface area contributed by atoms with Crippen LogP contribution in [-0.4, -0.2) is 27.5 Å². The topological polar surface area (TPSA) is 63.7 Å². The van der Waals surface area contributed by atoms with Crippen molar-refractivity contribution in [3.8, 4) is 0 Å². The van der Waals surface area contributed by atoms with E-state index in [4.69, 9.17) is 4.74 Å². The molecule has 0 saturated carbocycles. The molecule has 0 heterocycles. The van der Waals surface area contributed by atoms with E-state index in [1.165, 1.54) is 4.31 Å². The van der Waals surface area contributed by atoms with Gasteiger partial charge in [0.15, 0.2) is 0 Å². The molecule has 0 unspecified atom stereocenters. The molecule has 2 rings (SSSR count). The molecule has 0 aliphatic carbocycles. The Morgan fingerprint density at radius 3 is 2.32 bits per heavy atom. The third-order valence-electron chi connectivity index (χ3n) is 3.68. The second-order valence-corrected chi connectivity index (χ2v) is 8.12. The van der Waals surface area contributed by atoms with Gasteiger partial charge in [-0.1, -0.05) is 22.0 Å². The van der Waals surface area contributed by atoms with Crippen molar-refractivity contribution in [1.29, 1.82) is 0 Å². The first-order valence-electron chi connectivity index (χ1n) is 7.87. The first-order valence-corrected chi connectivity index (χ1v) is 10.1. The lowest BCUT2D eigenvalue weighted by Crippen LogP contribution is -2.31. The van der Waals surface area contributed by atoms with E-state index in [2.05, 4.69) is 15.9 Å². The van der Waals surface area contributed by atoms with Crippen LogP contribution in [-0.2, 0) is 14.8 Å². The maximum Gasteiger partial charge on any atom is 0.338 e.